The van der Waals surface area contributed by atoms with E-state index in [0.29, 0.717) is 22.9 Å². The van der Waals surface area contributed by atoms with Gasteiger partial charge in [-0.3, -0.25) is 9.78 Å². The number of carbonyl (C=O) groups excluding carboxylic acids is 1. The highest BCUT2D eigenvalue weighted by Crippen LogP contribution is 2.23. The minimum Gasteiger partial charge on any atom is -0.496 e. The third-order valence-corrected chi connectivity index (χ3v) is 3.69. The van der Waals surface area contributed by atoms with Gasteiger partial charge in [-0.25, -0.2) is 0 Å². The first-order chi connectivity index (χ1) is 11.7. The molecule has 0 unspecified atom stereocenters. The van der Waals surface area contributed by atoms with Crippen LogP contribution in [-0.2, 0) is 6.54 Å². The fourth-order valence-corrected chi connectivity index (χ4v) is 2.47. The Morgan fingerprint density at radius 2 is 2.17 bits per heavy atom. The van der Waals surface area contributed by atoms with Crippen LogP contribution in [0.4, 0.5) is 0 Å². The van der Waals surface area contributed by atoms with Gasteiger partial charge in [0.05, 0.1) is 18.9 Å². The molecule has 0 spiro atoms. The second kappa shape index (κ2) is 7.19. The first-order valence-electron chi connectivity index (χ1n) is 7.27. The number of benzene rings is 1. The molecule has 5 nitrogen and oxygen atoms in total. The molecule has 2 heterocycles. The Bertz CT molecular complexity index is 847. The van der Waals surface area contributed by atoms with Crippen molar-refractivity contribution >= 4 is 17.5 Å². The summed E-state index contributed by atoms with van der Waals surface area (Å²) in [5.74, 6) is 0.935. The third-order valence-electron chi connectivity index (χ3n) is 3.46. The van der Waals surface area contributed by atoms with Crippen molar-refractivity contribution in [2.24, 2.45) is 0 Å². The van der Waals surface area contributed by atoms with E-state index in [1.165, 1.54) is 7.11 Å². The van der Waals surface area contributed by atoms with Crippen molar-refractivity contribution in [3.8, 4) is 17.1 Å². The number of pyridine rings is 1. The van der Waals surface area contributed by atoms with E-state index in [9.17, 15) is 4.79 Å². The van der Waals surface area contributed by atoms with Gasteiger partial charge >= 0.3 is 0 Å². The predicted molar refractivity (Wildman–Crippen MR) is 91.1 cm³/mol. The van der Waals surface area contributed by atoms with Gasteiger partial charge in [0.25, 0.3) is 5.91 Å². The molecule has 0 saturated heterocycles. The molecule has 3 rings (SSSR count). The second-order valence-electron chi connectivity index (χ2n) is 5.09. The van der Waals surface area contributed by atoms with Crippen LogP contribution in [0, 0.1) is 0 Å². The Balaban J connectivity index is 1.73. The Hall–Kier alpha value is -2.79. The summed E-state index contributed by atoms with van der Waals surface area (Å²) in [5.41, 5.74) is 2.10. The molecule has 1 aromatic carbocycles. The summed E-state index contributed by atoms with van der Waals surface area (Å²) >= 11 is 5.96. The zero-order valence-corrected chi connectivity index (χ0v) is 13.7. The van der Waals surface area contributed by atoms with Crippen LogP contribution in [-0.4, -0.2) is 18.0 Å². The molecular formula is C18H15ClN2O3. The average Bonchev–Trinajstić information content (AvgIpc) is 3.14. The summed E-state index contributed by atoms with van der Waals surface area (Å²) in [5, 5.41) is 3.32. The van der Waals surface area contributed by atoms with Crippen molar-refractivity contribution in [1.82, 2.24) is 10.3 Å². The van der Waals surface area contributed by atoms with Gasteiger partial charge in [0.2, 0.25) is 0 Å². The van der Waals surface area contributed by atoms with Crippen LogP contribution < -0.4 is 10.1 Å². The molecule has 2 aromatic heterocycles. The number of methoxy groups -OCH3 is 1. The molecule has 0 radical (unpaired) electrons. The highest BCUT2D eigenvalue weighted by atomic mass is 35.5. The lowest BCUT2D eigenvalue weighted by molar-refractivity contribution is 0.0948. The van der Waals surface area contributed by atoms with Gasteiger partial charge in [-0.2, -0.15) is 0 Å². The molecule has 3 aromatic rings. The van der Waals surface area contributed by atoms with Crippen LogP contribution in [0.2, 0.25) is 5.02 Å². The fourth-order valence-electron chi connectivity index (χ4n) is 2.30. The maximum atomic E-state index is 12.4. The van der Waals surface area contributed by atoms with Gasteiger partial charge in [-0.15, -0.1) is 0 Å². The second-order valence-corrected chi connectivity index (χ2v) is 5.52. The molecule has 24 heavy (non-hydrogen) atoms. The molecule has 0 aliphatic carbocycles. The highest BCUT2D eigenvalue weighted by molar-refractivity contribution is 6.31. The van der Waals surface area contributed by atoms with Crippen molar-refractivity contribution in [1.29, 1.82) is 0 Å². The van der Waals surface area contributed by atoms with Crippen molar-refractivity contribution in [2.75, 3.05) is 7.11 Å². The lowest BCUT2D eigenvalue weighted by atomic mass is 10.1. The van der Waals surface area contributed by atoms with Crippen molar-refractivity contribution in [3.05, 3.63) is 71.2 Å². The van der Waals surface area contributed by atoms with Gasteiger partial charge < -0.3 is 14.5 Å². The zero-order chi connectivity index (χ0) is 16.9. The summed E-state index contributed by atoms with van der Waals surface area (Å²) in [4.78, 5) is 16.6. The quantitative estimate of drug-likeness (QED) is 0.763. The minimum atomic E-state index is -0.266. The summed E-state index contributed by atoms with van der Waals surface area (Å²) in [6.45, 7) is 0.329. The van der Waals surface area contributed by atoms with Gasteiger partial charge in [0.15, 0.2) is 0 Å². The molecule has 6 heteroatoms. The molecule has 0 aliphatic rings. The normalized spacial score (nSPS) is 10.4. The van der Waals surface area contributed by atoms with Crippen LogP contribution in [0.5, 0.6) is 5.75 Å². The standard InChI is InChI=1S/C18H15ClN2O3/c1-23-17-5-4-14(19)8-15(17)18(22)21-10-12-7-13(11-20-9-12)16-3-2-6-24-16/h2-9,11H,10H2,1H3,(H,21,22). The SMILES string of the molecule is COc1ccc(Cl)cc1C(=O)NCc1cncc(-c2ccco2)c1. The van der Waals surface area contributed by atoms with E-state index in [1.54, 1.807) is 36.9 Å². The van der Waals surface area contributed by atoms with Gasteiger partial charge in [-0.1, -0.05) is 11.6 Å². The predicted octanol–water partition coefficient (Wildman–Crippen LogP) is 3.93. The number of hydrogen-bond acceptors (Lipinski definition) is 4. The van der Waals surface area contributed by atoms with E-state index in [0.717, 1.165) is 16.9 Å². The Morgan fingerprint density at radius 3 is 2.92 bits per heavy atom. The number of furan rings is 1. The van der Waals surface area contributed by atoms with E-state index in [4.69, 9.17) is 20.8 Å². The number of nitrogens with zero attached hydrogens (tertiary/aromatic N) is 1. The maximum absolute atomic E-state index is 12.4. The zero-order valence-electron chi connectivity index (χ0n) is 13.0. The molecule has 1 N–H and O–H groups in total. The lowest BCUT2D eigenvalue weighted by Gasteiger charge is -2.10. The molecule has 0 aliphatic heterocycles. The monoisotopic (exact) mass is 342 g/mol. The fraction of sp³-hybridized carbons (Fsp3) is 0.111. The van der Waals surface area contributed by atoms with E-state index < -0.39 is 0 Å². The third kappa shape index (κ3) is 3.58. The van der Waals surface area contributed by atoms with E-state index in [-0.39, 0.29) is 5.91 Å². The Morgan fingerprint density at radius 1 is 1.29 bits per heavy atom. The number of hydrogen-bond donors (Lipinski definition) is 1. The Kier molecular flexibility index (Phi) is 4.82. The molecule has 1 amide bonds. The summed E-state index contributed by atoms with van der Waals surface area (Å²) in [6, 6.07) is 10.5. The minimum absolute atomic E-state index is 0.266. The first-order valence-corrected chi connectivity index (χ1v) is 7.64. The molecule has 0 fully saturated rings. The summed E-state index contributed by atoms with van der Waals surface area (Å²) < 4.78 is 10.6. The largest absolute Gasteiger partial charge is 0.496 e. The lowest BCUT2D eigenvalue weighted by Crippen LogP contribution is -2.23. The first kappa shape index (κ1) is 16.1. The number of ether oxygens (including phenoxy) is 1. The number of rotatable bonds is 5. The van der Waals surface area contributed by atoms with Crippen LogP contribution in [0.25, 0.3) is 11.3 Å². The highest BCUT2D eigenvalue weighted by Gasteiger charge is 2.13. The van der Waals surface area contributed by atoms with Gasteiger partial charge in [-0.05, 0) is 42.0 Å². The summed E-state index contributed by atoms with van der Waals surface area (Å²) in [7, 11) is 1.51. The Labute approximate surface area is 144 Å². The van der Waals surface area contributed by atoms with Crippen LogP contribution in [0.3, 0.4) is 0 Å². The number of amides is 1. The number of aromatic nitrogens is 1. The van der Waals surface area contributed by atoms with Gasteiger partial charge in [0.1, 0.15) is 11.5 Å². The molecule has 0 bridgehead atoms. The number of halogens is 1. The van der Waals surface area contributed by atoms with Crippen molar-refractivity contribution in [3.63, 3.8) is 0 Å². The molecule has 0 saturated carbocycles. The molecule has 122 valence electrons. The van der Waals surface area contributed by atoms with Crippen LogP contribution in [0.1, 0.15) is 15.9 Å². The maximum Gasteiger partial charge on any atom is 0.255 e. The van der Waals surface area contributed by atoms with Gasteiger partial charge in [0, 0.05) is 29.5 Å². The molecular weight excluding hydrogens is 328 g/mol. The van der Waals surface area contributed by atoms with Crippen LogP contribution in [0.15, 0.2) is 59.5 Å². The van der Waals surface area contributed by atoms with E-state index in [2.05, 4.69) is 10.3 Å². The number of nitrogens with one attached hydrogen (secondary N) is 1. The van der Waals surface area contributed by atoms with Crippen molar-refractivity contribution in [2.45, 2.75) is 6.54 Å². The van der Waals surface area contributed by atoms with Crippen LogP contribution >= 0.6 is 11.6 Å². The summed E-state index contributed by atoms with van der Waals surface area (Å²) in [6.07, 6.45) is 5.02. The number of carbonyl (C=O) groups is 1. The average molecular weight is 343 g/mol. The van der Waals surface area contributed by atoms with E-state index in [1.807, 2.05) is 18.2 Å². The smallest absolute Gasteiger partial charge is 0.255 e. The topological polar surface area (TPSA) is 64.4 Å². The van der Waals surface area contributed by atoms with E-state index >= 15 is 0 Å². The molecule has 0 atom stereocenters. The van der Waals surface area contributed by atoms with Crippen molar-refractivity contribution < 1.29 is 13.9 Å².